The van der Waals surface area contributed by atoms with Gasteiger partial charge >= 0.3 is 0 Å². The van der Waals surface area contributed by atoms with Gasteiger partial charge in [-0.25, -0.2) is 0 Å². The van der Waals surface area contributed by atoms with Crippen LogP contribution in [0.5, 0.6) is 0 Å². The van der Waals surface area contributed by atoms with E-state index in [1.807, 2.05) is 13.8 Å². The summed E-state index contributed by atoms with van der Waals surface area (Å²) in [7, 11) is 0. The molecule has 41 heteroatoms. The molecule has 10 atom stereocenters. The summed E-state index contributed by atoms with van der Waals surface area (Å²) < 4.78 is 0. The summed E-state index contributed by atoms with van der Waals surface area (Å²) in [6.45, 7) is 37.0. The highest BCUT2D eigenvalue weighted by Gasteiger charge is 2.48. The Morgan fingerprint density at radius 1 is 0.393 bits per heavy atom. The Hall–Kier alpha value is -10.6. The topological polar surface area (TPSA) is 621 Å². The molecule has 0 radical (unpaired) electrons. The van der Waals surface area contributed by atoms with Gasteiger partial charge in [-0.2, -0.15) is 0 Å². The van der Waals surface area contributed by atoms with Crippen LogP contribution in [0.25, 0.3) is 0 Å². The molecule has 0 aromatic rings. The molecule has 0 aromatic heterocycles. The molecule has 1 rings (SSSR count). The first kappa shape index (κ1) is 109. The summed E-state index contributed by atoms with van der Waals surface area (Å²) in [4.78, 5) is 272. The summed E-state index contributed by atoms with van der Waals surface area (Å²) in [6, 6.07) is -9.89. The minimum absolute atomic E-state index is 0.0131. The minimum atomic E-state index is -1.86. The van der Waals surface area contributed by atoms with Crippen molar-refractivity contribution in [2.75, 3.05) is 26.2 Å². The maximum absolute atomic E-state index is 14.6. The number of primary amides is 2. The summed E-state index contributed by atoms with van der Waals surface area (Å²) >= 11 is 0. The monoisotopic (exact) mass is 1730 g/mol. The molecule has 41 nitrogen and oxygen atoms in total. The van der Waals surface area contributed by atoms with Crippen LogP contribution < -0.4 is 102 Å². The molecular weight excluding hydrogens is 1590 g/mol. The van der Waals surface area contributed by atoms with Crippen molar-refractivity contribution < 1.29 is 101 Å². The van der Waals surface area contributed by atoms with Crippen LogP contribution in [0.2, 0.25) is 0 Å². The van der Waals surface area contributed by atoms with Gasteiger partial charge in [0.05, 0.1) is 25.7 Å². The molecule has 1 saturated heterocycles. The van der Waals surface area contributed by atoms with Gasteiger partial charge in [-0.15, -0.1) is 0 Å². The van der Waals surface area contributed by atoms with E-state index in [4.69, 9.17) is 11.5 Å². The fourth-order valence-corrected chi connectivity index (χ4v) is 12.5. The highest BCUT2D eigenvalue weighted by atomic mass is 16.3. The molecular formula is C81H142N20O21. The largest absolute Gasteiger partial charge is 0.394 e. The van der Waals surface area contributed by atoms with E-state index in [1.165, 1.54) is 123 Å². The lowest BCUT2D eigenvalue weighted by atomic mass is 9.93. The molecule has 0 unspecified atom stereocenters. The van der Waals surface area contributed by atoms with E-state index in [9.17, 15) is 101 Å². The Labute approximate surface area is 716 Å². The fraction of sp³-hybridized carbons (Fsp3) is 0.753. The number of carbonyl (C=O) groups is 20. The third-order valence-corrected chi connectivity index (χ3v) is 20.5. The number of rotatable bonds is 50. The number of carbonyl (C=O) groups excluding carboxylic acids is 20. The van der Waals surface area contributed by atoms with E-state index in [0.29, 0.717) is 12.8 Å². The number of aliphatic hydroxyl groups excluding tert-OH is 1. The number of nitrogens with zero attached hydrogens (tertiary/aromatic N) is 1. The van der Waals surface area contributed by atoms with E-state index >= 15 is 0 Å². The van der Waals surface area contributed by atoms with Gasteiger partial charge in [0.2, 0.25) is 118 Å². The highest BCUT2D eigenvalue weighted by molar-refractivity contribution is 6.04. The van der Waals surface area contributed by atoms with E-state index < -0.39 is 249 Å². The SMILES string of the molecule is CC[C@@](C)(NC(=O)[C@H](CCC(N)=O)NC(=O)C(C)(C)NC(=O)C(C)(C)NC(=O)[C@H](C)NC(=O)CNC(=O)C(C)(C)NC(C)=O)C(=O)N[C@H](C(=O)NC(C)(C)C(=O)NCC(=O)N[C@@H](CC(C)C)C(=O)NC(C)(C)C(=O)N1CCC[C@H]1C(=O)N[C@@H](CC(C)C)C(=O)NC(C)(C)C(=O)N[C@](C)(CC)C(=O)N[C@@H](CCC(N)=O)C(=O)N[C@H](CO)CC(C)C)C(C)C. The second-order valence-corrected chi connectivity index (χ2v) is 36.7. The first-order valence-electron chi connectivity index (χ1n) is 41.4. The van der Waals surface area contributed by atoms with Crippen LogP contribution in [0.3, 0.4) is 0 Å². The lowest BCUT2D eigenvalue weighted by Crippen LogP contribution is -2.67. The Morgan fingerprint density at radius 3 is 1.23 bits per heavy atom. The number of hydrogen-bond donors (Lipinski definition) is 20. The van der Waals surface area contributed by atoms with E-state index in [1.54, 1.807) is 48.5 Å². The Balaban J connectivity index is 3.25. The molecule has 1 aliphatic heterocycles. The zero-order valence-electron chi connectivity index (χ0n) is 76.2. The fourth-order valence-electron chi connectivity index (χ4n) is 12.5. The lowest BCUT2D eigenvalue weighted by molar-refractivity contribution is -0.145. The van der Waals surface area contributed by atoms with Gasteiger partial charge in [0.15, 0.2) is 0 Å². The predicted molar refractivity (Wildman–Crippen MR) is 450 cm³/mol. The van der Waals surface area contributed by atoms with Crippen molar-refractivity contribution in [3.05, 3.63) is 0 Å². The van der Waals surface area contributed by atoms with Crippen LogP contribution in [0.15, 0.2) is 0 Å². The number of hydrogen-bond acceptors (Lipinski definition) is 21. The van der Waals surface area contributed by atoms with Crippen LogP contribution in [-0.4, -0.2) is 247 Å². The average Bonchev–Trinajstić information content (AvgIpc) is 1.69. The van der Waals surface area contributed by atoms with Crippen molar-refractivity contribution >= 4 is 118 Å². The maximum atomic E-state index is 14.6. The van der Waals surface area contributed by atoms with Crippen molar-refractivity contribution in [2.24, 2.45) is 35.1 Å². The molecule has 1 heterocycles. The lowest BCUT2D eigenvalue weighted by Gasteiger charge is -2.36. The molecule has 0 spiro atoms. The Bertz CT molecular complexity index is 3820. The number of amides is 20. The van der Waals surface area contributed by atoms with Crippen molar-refractivity contribution in [3.63, 3.8) is 0 Å². The maximum Gasteiger partial charge on any atom is 0.248 e. The number of aliphatic hydroxyl groups is 1. The van der Waals surface area contributed by atoms with Crippen LogP contribution in [-0.2, 0) is 95.9 Å². The third kappa shape index (κ3) is 35.1. The molecule has 0 saturated carbocycles. The van der Waals surface area contributed by atoms with Gasteiger partial charge < -0.3 is 112 Å². The predicted octanol–water partition coefficient (Wildman–Crippen LogP) is -3.10. The normalized spacial score (nSPS) is 16.0. The Kier molecular flexibility index (Phi) is 41.7. The molecule has 22 N–H and O–H groups in total. The van der Waals surface area contributed by atoms with Gasteiger partial charge in [-0.3, -0.25) is 95.9 Å². The number of nitrogens with one attached hydrogen (secondary N) is 17. The zero-order chi connectivity index (χ0) is 94.7. The summed E-state index contributed by atoms with van der Waals surface area (Å²) in [5.41, 5.74) is -2.96. The number of nitrogens with two attached hydrogens (primary N) is 2. The minimum Gasteiger partial charge on any atom is -0.394 e. The molecule has 122 heavy (non-hydrogen) atoms. The Morgan fingerprint density at radius 2 is 0.779 bits per heavy atom. The second kappa shape index (κ2) is 46.6. The molecule has 0 bridgehead atoms. The van der Waals surface area contributed by atoms with Crippen LogP contribution in [0, 0.1) is 23.7 Å². The molecule has 692 valence electrons. The van der Waals surface area contributed by atoms with Crippen LogP contribution in [0.4, 0.5) is 0 Å². The van der Waals surface area contributed by atoms with E-state index in [0.717, 1.165) is 0 Å². The van der Waals surface area contributed by atoms with Crippen molar-refractivity contribution in [1.82, 2.24) is 95.3 Å². The first-order chi connectivity index (χ1) is 55.7. The highest BCUT2D eigenvalue weighted by Crippen LogP contribution is 2.25. The van der Waals surface area contributed by atoms with Crippen molar-refractivity contribution in [2.45, 2.75) is 343 Å². The van der Waals surface area contributed by atoms with Gasteiger partial charge in [0.1, 0.15) is 86.6 Å². The summed E-state index contributed by atoms with van der Waals surface area (Å²) in [5, 5.41) is 53.6. The van der Waals surface area contributed by atoms with E-state index in [-0.39, 0.29) is 69.2 Å². The van der Waals surface area contributed by atoms with E-state index in [2.05, 4.69) is 90.4 Å². The average molecular weight is 1730 g/mol. The van der Waals surface area contributed by atoms with Gasteiger partial charge in [-0.05, 0) is 185 Å². The molecule has 0 aliphatic carbocycles. The second-order valence-electron chi connectivity index (χ2n) is 36.7. The summed E-state index contributed by atoms with van der Waals surface area (Å²) in [6.07, 6.45) is -0.456. The standard InChI is InChI=1S/C81H142N20O21/c1-27-80(25,98-61(110)50(32-34-55(83)105)90-68(117)76(17,18)99-69(118)77(19,20)94-59(108)46(11)86-56(106)39-84-66(115)74(13,14)93-47(12)103)72(121)92-58(45(9)10)65(114)97-75(15,16)67(116)85-40-57(107)88-51(37-43(5)6)62(111)96-79(23,24)73(122)101-35-29-30-53(101)64(113)89-52(38-44(7)8)63(112)95-78(21,22)70(119)100-81(26,28-2)71(120)91-49(31-33-54(82)104)60(109)87-48(41-102)36-42(3)4/h42-46,48-53,58,102H,27-41H2,1-26H3,(H2,82,104)(H2,83,105)(H,84,115)(H,85,116)(H,86,106)(H,87,109)(H,88,107)(H,89,113)(H,90,117)(H,91,120)(H,92,121)(H,93,103)(H,94,108)(H,95,112)(H,96,111)(H,97,114)(H,98,110)(H,99,118)(H,100,119)/t46-,48-,49-,50-,51-,52-,53-,58-,80+,81+/m0/s1. The van der Waals surface area contributed by atoms with Gasteiger partial charge in [0.25, 0.3) is 0 Å². The zero-order valence-corrected chi connectivity index (χ0v) is 76.2. The molecule has 0 aromatic carbocycles. The smallest absolute Gasteiger partial charge is 0.248 e. The van der Waals surface area contributed by atoms with Crippen LogP contribution >= 0.6 is 0 Å². The number of likely N-dealkylation sites (tertiary alicyclic amines) is 1. The van der Waals surface area contributed by atoms with Crippen LogP contribution in [0.1, 0.15) is 251 Å². The summed E-state index contributed by atoms with van der Waals surface area (Å²) in [5.74, 6) is -17.1. The molecule has 20 amide bonds. The molecule has 1 aliphatic rings. The first-order valence-corrected chi connectivity index (χ1v) is 41.4. The van der Waals surface area contributed by atoms with Gasteiger partial charge in [0, 0.05) is 26.3 Å². The van der Waals surface area contributed by atoms with Crippen molar-refractivity contribution in [1.29, 1.82) is 0 Å². The van der Waals surface area contributed by atoms with Crippen molar-refractivity contribution in [3.8, 4) is 0 Å². The third-order valence-electron chi connectivity index (χ3n) is 20.5. The molecule has 1 fully saturated rings. The van der Waals surface area contributed by atoms with Gasteiger partial charge in [-0.1, -0.05) is 69.2 Å². The quantitative estimate of drug-likeness (QED) is 0.0287.